The van der Waals surface area contributed by atoms with Crippen LogP contribution in [0.2, 0.25) is 0 Å². The lowest BCUT2D eigenvalue weighted by Gasteiger charge is -2.16. The molecule has 0 bridgehead atoms. The molecule has 0 saturated carbocycles. The van der Waals surface area contributed by atoms with Gasteiger partial charge in [0.15, 0.2) is 0 Å². The van der Waals surface area contributed by atoms with Gasteiger partial charge in [0.1, 0.15) is 12.1 Å². The number of phosphoric acid groups is 1. The molecule has 7 N–H and O–H groups in total. The van der Waals surface area contributed by atoms with Crippen molar-refractivity contribution in [2.75, 3.05) is 6.61 Å². The minimum atomic E-state index is -4.70. The first-order chi connectivity index (χ1) is 6.28. The molecular weight excluding hydrogens is 219 g/mol. The minimum Gasteiger partial charge on any atom is -0.388 e. The van der Waals surface area contributed by atoms with Gasteiger partial charge >= 0.3 is 13.8 Å². The number of aliphatic hydroxyl groups excluding tert-OH is 1. The van der Waals surface area contributed by atoms with E-state index in [2.05, 4.69) is 15.3 Å². The smallest absolute Gasteiger partial charge is 0.388 e. The van der Waals surface area contributed by atoms with Crippen LogP contribution in [0.5, 0.6) is 0 Å². The highest BCUT2D eigenvalue weighted by Gasteiger charge is 2.26. The van der Waals surface area contributed by atoms with E-state index in [1.165, 1.54) is 0 Å². The number of carbonyl (C=O) groups is 1. The molecule has 0 aromatic heterocycles. The van der Waals surface area contributed by atoms with Gasteiger partial charge in [-0.3, -0.25) is 4.52 Å². The summed E-state index contributed by atoms with van der Waals surface area (Å²) in [4.78, 5) is 30.8. The molecule has 0 heterocycles. The second-order valence-electron chi connectivity index (χ2n) is 2.32. The van der Waals surface area contributed by atoms with Crippen molar-refractivity contribution in [2.45, 2.75) is 12.1 Å². The zero-order chi connectivity index (χ0) is 11.4. The molecule has 14 heavy (non-hydrogen) atoms. The molecule has 0 aliphatic rings. The average Bonchev–Trinajstić information content (AvgIpc) is 2.10. The molecular formula is C4H11N2O7P. The fraction of sp³-hybridized carbons (Fsp3) is 0.750. The molecule has 0 aliphatic carbocycles. The SMILES string of the molecule is NOC(=O)[C@@H](N)[C@H](O)COP(=O)(O)O. The third-order valence-corrected chi connectivity index (χ3v) is 1.70. The molecule has 0 aliphatic heterocycles. The van der Waals surface area contributed by atoms with Crippen molar-refractivity contribution in [1.29, 1.82) is 0 Å². The predicted molar refractivity (Wildman–Crippen MR) is 42.3 cm³/mol. The number of hydrogen-bond donors (Lipinski definition) is 5. The maximum atomic E-state index is 10.6. The molecule has 0 rings (SSSR count). The standard InChI is InChI=1S/C4H11N2O7P/c5-3(4(8)13-6)2(7)1-12-14(9,10)11/h2-3,7H,1,5-6H2,(H2,9,10,11)/t2-,3+/m1/s1. The summed E-state index contributed by atoms with van der Waals surface area (Å²) < 4.78 is 14.1. The lowest BCUT2D eigenvalue weighted by Crippen LogP contribution is -2.45. The van der Waals surface area contributed by atoms with Crippen LogP contribution in [0.1, 0.15) is 0 Å². The van der Waals surface area contributed by atoms with E-state index >= 15 is 0 Å². The van der Waals surface area contributed by atoms with Gasteiger partial charge in [-0.25, -0.2) is 9.36 Å². The summed E-state index contributed by atoms with van der Waals surface area (Å²) in [5.41, 5.74) is 5.06. The molecule has 0 radical (unpaired) electrons. The third-order valence-electron chi connectivity index (χ3n) is 1.22. The van der Waals surface area contributed by atoms with Crippen molar-refractivity contribution in [3.05, 3.63) is 0 Å². The Hall–Kier alpha value is -0.540. The topological polar surface area (TPSA) is 165 Å². The molecule has 0 aromatic rings. The Morgan fingerprint density at radius 3 is 2.36 bits per heavy atom. The number of nitrogens with two attached hydrogens (primary N) is 2. The maximum absolute atomic E-state index is 10.6. The fourth-order valence-electron chi connectivity index (χ4n) is 0.513. The van der Waals surface area contributed by atoms with Crippen molar-refractivity contribution >= 4 is 13.8 Å². The second-order valence-corrected chi connectivity index (χ2v) is 3.56. The highest BCUT2D eigenvalue weighted by Crippen LogP contribution is 2.35. The molecule has 0 unspecified atom stereocenters. The summed E-state index contributed by atoms with van der Waals surface area (Å²) in [6, 6.07) is -1.52. The molecule has 0 aromatic carbocycles. The summed E-state index contributed by atoms with van der Waals surface area (Å²) in [5.74, 6) is 3.34. The highest BCUT2D eigenvalue weighted by atomic mass is 31.2. The van der Waals surface area contributed by atoms with Crippen LogP contribution in [-0.4, -0.2) is 39.6 Å². The largest absolute Gasteiger partial charge is 0.469 e. The predicted octanol–water partition coefficient (Wildman–Crippen LogP) is -2.80. The normalized spacial score (nSPS) is 16.1. The van der Waals surface area contributed by atoms with E-state index in [-0.39, 0.29) is 0 Å². The number of phosphoric ester groups is 1. The van der Waals surface area contributed by atoms with Crippen LogP contribution in [0.25, 0.3) is 0 Å². The average molecular weight is 230 g/mol. The Balaban J connectivity index is 4.02. The second kappa shape index (κ2) is 5.37. The first kappa shape index (κ1) is 13.5. The highest BCUT2D eigenvalue weighted by molar-refractivity contribution is 7.46. The zero-order valence-corrected chi connectivity index (χ0v) is 7.83. The number of hydrogen-bond acceptors (Lipinski definition) is 7. The number of carbonyl (C=O) groups excluding carboxylic acids is 1. The van der Waals surface area contributed by atoms with Crippen LogP contribution in [0.3, 0.4) is 0 Å². The van der Waals surface area contributed by atoms with Crippen LogP contribution >= 0.6 is 7.82 Å². The van der Waals surface area contributed by atoms with Crippen molar-refractivity contribution in [3.8, 4) is 0 Å². The summed E-state index contributed by atoms with van der Waals surface area (Å²) in [7, 11) is -4.70. The molecule has 9 nitrogen and oxygen atoms in total. The number of aliphatic hydroxyl groups is 1. The van der Waals surface area contributed by atoms with Gasteiger partial charge in [-0.2, -0.15) is 5.90 Å². The van der Waals surface area contributed by atoms with Crippen LogP contribution in [0, 0.1) is 0 Å². The molecule has 0 spiro atoms. The summed E-state index contributed by atoms with van der Waals surface area (Å²) >= 11 is 0. The van der Waals surface area contributed by atoms with Crippen molar-refractivity contribution in [2.24, 2.45) is 11.6 Å². The van der Waals surface area contributed by atoms with Crippen LogP contribution in [0.15, 0.2) is 0 Å². The molecule has 10 heteroatoms. The lowest BCUT2D eigenvalue weighted by molar-refractivity contribution is -0.149. The molecule has 0 amide bonds. The van der Waals surface area contributed by atoms with Crippen LogP contribution < -0.4 is 11.6 Å². The van der Waals surface area contributed by atoms with E-state index in [1.54, 1.807) is 0 Å². The van der Waals surface area contributed by atoms with Gasteiger partial charge < -0.3 is 25.5 Å². The monoisotopic (exact) mass is 230 g/mol. The summed E-state index contributed by atoms with van der Waals surface area (Å²) in [6.45, 7) is -0.805. The Morgan fingerprint density at radius 2 is 2.00 bits per heavy atom. The van der Waals surface area contributed by atoms with Gasteiger partial charge in [0.25, 0.3) is 0 Å². The van der Waals surface area contributed by atoms with E-state index in [0.717, 1.165) is 0 Å². The molecule has 2 atom stereocenters. The Bertz CT molecular complexity index is 240. The lowest BCUT2D eigenvalue weighted by atomic mass is 10.2. The van der Waals surface area contributed by atoms with Crippen molar-refractivity contribution < 1.29 is 33.6 Å². The van der Waals surface area contributed by atoms with E-state index in [4.69, 9.17) is 20.6 Å². The van der Waals surface area contributed by atoms with Gasteiger partial charge in [-0.15, -0.1) is 0 Å². The molecule has 0 saturated heterocycles. The van der Waals surface area contributed by atoms with E-state index < -0.39 is 32.5 Å². The molecule has 0 fully saturated rings. The van der Waals surface area contributed by atoms with Crippen LogP contribution in [0.4, 0.5) is 0 Å². The Morgan fingerprint density at radius 1 is 1.50 bits per heavy atom. The zero-order valence-electron chi connectivity index (χ0n) is 6.94. The third kappa shape index (κ3) is 5.25. The van der Waals surface area contributed by atoms with Crippen molar-refractivity contribution in [3.63, 3.8) is 0 Å². The van der Waals surface area contributed by atoms with Gasteiger partial charge in [-0.1, -0.05) is 0 Å². The van der Waals surface area contributed by atoms with E-state index in [9.17, 15) is 9.36 Å². The first-order valence-electron chi connectivity index (χ1n) is 3.32. The van der Waals surface area contributed by atoms with Gasteiger partial charge in [0, 0.05) is 0 Å². The number of rotatable bonds is 5. The van der Waals surface area contributed by atoms with E-state index in [0.29, 0.717) is 0 Å². The Kier molecular flexibility index (Phi) is 5.16. The van der Waals surface area contributed by atoms with Gasteiger partial charge in [-0.05, 0) is 0 Å². The van der Waals surface area contributed by atoms with Crippen LogP contribution in [-0.2, 0) is 18.7 Å². The minimum absolute atomic E-state index is 0.805. The van der Waals surface area contributed by atoms with E-state index in [1.807, 2.05) is 0 Å². The Labute approximate surface area is 78.8 Å². The van der Waals surface area contributed by atoms with Gasteiger partial charge in [0.2, 0.25) is 0 Å². The summed E-state index contributed by atoms with van der Waals surface area (Å²) in [6.07, 6.45) is -1.61. The quantitative estimate of drug-likeness (QED) is 0.247. The maximum Gasteiger partial charge on any atom is 0.469 e. The molecule has 84 valence electrons. The fourth-order valence-corrected chi connectivity index (χ4v) is 0.860. The first-order valence-corrected chi connectivity index (χ1v) is 4.85. The van der Waals surface area contributed by atoms with Gasteiger partial charge in [0.05, 0.1) is 6.61 Å². The van der Waals surface area contributed by atoms with Crippen molar-refractivity contribution in [1.82, 2.24) is 0 Å². The summed E-state index contributed by atoms with van der Waals surface area (Å²) in [5, 5.41) is 9.03.